The zero-order valence-corrected chi connectivity index (χ0v) is 10.9. The fraction of sp³-hybridized carbons (Fsp3) is 0.0833. The van der Waals surface area contributed by atoms with Crippen molar-refractivity contribution in [1.29, 1.82) is 0 Å². The van der Waals surface area contributed by atoms with Crippen molar-refractivity contribution in [3.63, 3.8) is 0 Å². The number of carbonyl (C=O) groups is 3. The molecular weight excluding hydrogens is 284 g/mol. The number of halogens is 1. The van der Waals surface area contributed by atoms with E-state index in [1.807, 2.05) is 0 Å². The Hall–Kier alpha value is -2.54. The van der Waals surface area contributed by atoms with Crippen LogP contribution in [0.1, 0.15) is 20.8 Å². The molecule has 102 valence electrons. The highest BCUT2D eigenvalue weighted by molar-refractivity contribution is 6.30. The zero-order chi connectivity index (χ0) is 14.5. The third-order valence-corrected chi connectivity index (χ3v) is 2.59. The van der Waals surface area contributed by atoms with E-state index in [0.717, 1.165) is 4.68 Å². The summed E-state index contributed by atoms with van der Waals surface area (Å²) < 4.78 is 1.16. The summed E-state index contributed by atoms with van der Waals surface area (Å²) >= 11 is 5.70. The first-order valence-electron chi connectivity index (χ1n) is 5.53. The van der Waals surface area contributed by atoms with Gasteiger partial charge in [0.2, 0.25) is 5.91 Å². The lowest BCUT2D eigenvalue weighted by Crippen LogP contribution is -2.33. The molecule has 0 fully saturated rings. The van der Waals surface area contributed by atoms with Gasteiger partial charge in [-0.2, -0.15) is 0 Å². The number of hydrogen-bond donors (Lipinski definition) is 1. The van der Waals surface area contributed by atoms with Gasteiger partial charge in [-0.05, 0) is 24.3 Å². The third-order valence-electron chi connectivity index (χ3n) is 2.34. The van der Waals surface area contributed by atoms with Crippen LogP contribution in [-0.4, -0.2) is 33.1 Å². The average molecular weight is 293 g/mol. The second-order valence-corrected chi connectivity index (χ2v) is 4.28. The third kappa shape index (κ3) is 3.48. The molecule has 0 saturated heterocycles. The molecule has 2 amide bonds. The van der Waals surface area contributed by atoms with Gasteiger partial charge in [0.25, 0.3) is 5.91 Å². The van der Waals surface area contributed by atoms with Crippen molar-refractivity contribution in [3.05, 3.63) is 46.7 Å². The topological polar surface area (TPSA) is 94.0 Å². The summed E-state index contributed by atoms with van der Waals surface area (Å²) in [4.78, 5) is 33.8. The van der Waals surface area contributed by atoms with Gasteiger partial charge in [-0.25, -0.2) is 4.68 Å². The SMILES string of the molecule is O=Cc1cn(CC(=O)NC(=O)c2ccc(Cl)cc2)nn1. The van der Waals surface area contributed by atoms with Crippen LogP contribution >= 0.6 is 11.6 Å². The van der Waals surface area contributed by atoms with Crippen LogP contribution in [0.5, 0.6) is 0 Å². The molecule has 0 saturated carbocycles. The summed E-state index contributed by atoms with van der Waals surface area (Å²) in [7, 11) is 0. The van der Waals surface area contributed by atoms with Crippen molar-refractivity contribution in [3.8, 4) is 0 Å². The number of carbonyl (C=O) groups excluding carboxylic acids is 3. The maximum Gasteiger partial charge on any atom is 0.257 e. The summed E-state index contributed by atoms with van der Waals surface area (Å²) in [5, 5.41) is 9.76. The van der Waals surface area contributed by atoms with E-state index in [9.17, 15) is 14.4 Å². The smallest absolute Gasteiger partial charge is 0.257 e. The molecule has 20 heavy (non-hydrogen) atoms. The molecule has 0 atom stereocenters. The molecular formula is C12H9ClN4O3. The molecule has 8 heteroatoms. The highest BCUT2D eigenvalue weighted by Gasteiger charge is 2.11. The summed E-state index contributed by atoms with van der Waals surface area (Å²) in [6, 6.07) is 6.11. The predicted molar refractivity (Wildman–Crippen MR) is 69.3 cm³/mol. The van der Waals surface area contributed by atoms with Crippen molar-refractivity contribution < 1.29 is 14.4 Å². The van der Waals surface area contributed by atoms with Crippen molar-refractivity contribution in [1.82, 2.24) is 20.3 Å². The Balaban J connectivity index is 1.95. The molecule has 7 nitrogen and oxygen atoms in total. The number of nitrogens with zero attached hydrogens (tertiary/aromatic N) is 3. The maximum atomic E-state index is 11.7. The van der Waals surface area contributed by atoms with Gasteiger partial charge in [0.1, 0.15) is 12.2 Å². The summed E-state index contributed by atoms with van der Waals surface area (Å²) in [6.45, 7) is -0.208. The van der Waals surface area contributed by atoms with Crippen LogP contribution in [0.3, 0.4) is 0 Å². The maximum absolute atomic E-state index is 11.7. The molecule has 2 aromatic rings. The van der Waals surface area contributed by atoms with Crippen LogP contribution in [0.2, 0.25) is 5.02 Å². The van der Waals surface area contributed by atoms with Gasteiger partial charge in [0, 0.05) is 10.6 Å². The molecule has 0 radical (unpaired) electrons. The van der Waals surface area contributed by atoms with Crippen molar-refractivity contribution in [2.24, 2.45) is 0 Å². The van der Waals surface area contributed by atoms with Gasteiger partial charge < -0.3 is 0 Å². The number of aromatic nitrogens is 3. The van der Waals surface area contributed by atoms with Gasteiger partial charge in [-0.1, -0.05) is 16.8 Å². The standard InChI is InChI=1S/C12H9ClN4O3/c13-9-3-1-8(2-4-9)12(20)14-11(19)6-17-5-10(7-18)15-16-17/h1-5,7H,6H2,(H,14,19,20). The van der Waals surface area contributed by atoms with Gasteiger partial charge in [0.15, 0.2) is 6.29 Å². The lowest BCUT2D eigenvalue weighted by atomic mass is 10.2. The Labute approximate surface area is 118 Å². The zero-order valence-electron chi connectivity index (χ0n) is 10.1. The molecule has 0 bridgehead atoms. The van der Waals surface area contributed by atoms with Crippen LogP contribution in [0.25, 0.3) is 0 Å². The first-order valence-corrected chi connectivity index (χ1v) is 5.91. The van der Waals surface area contributed by atoms with Gasteiger partial charge >= 0.3 is 0 Å². The number of nitrogens with one attached hydrogen (secondary N) is 1. The van der Waals surface area contributed by atoms with E-state index < -0.39 is 11.8 Å². The second-order valence-electron chi connectivity index (χ2n) is 3.84. The van der Waals surface area contributed by atoms with E-state index >= 15 is 0 Å². The number of rotatable bonds is 4. The minimum absolute atomic E-state index is 0.113. The number of imide groups is 1. The molecule has 1 heterocycles. The lowest BCUT2D eigenvalue weighted by Gasteiger charge is -2.04. The Bertz CT molecular complexity index is 651. The Morgan fingerprint density at radius 1 is 1.30 bits per heavy atom. The monoisotopic (exact) mass is 292 g/mol. The molecule has 0 aliphatic carbocycles. The van der Waals surface area contributed by atoms with E-state index in [0.29, 0.717) is 16.9 Å². The number of aldehydes is 1. The highest BCUT2D eigenvalue weighted by atomic mass is 35.5. The Morgan fingerprint density at radius 3 is 2.60 bits per heavy atom. The van der Waals surface area contributed by atoms with E-state index in [1.54, 1.807) is 12.1 Å². The molecule has 2 rings (SSSR count). The molecule has 1 aromatic carbocycles. The Kier molecular flexibility index (Phi) is 4.21. The summed E-state index contributed by atoms with van der Waals surface area (Å²) in [6.07, 6.45) is 1.82. The number of amides is 2. The van der Waals surface area contributed by atoms with Crippen molar-refractivity contribution in [2.75, 3.05) is 0 Å². The van der Waals surface area contributed by atoms with Crippen LogP contribution in [0.4, 0.5) is 0 Å². The largest absolute Gasteiger partial charge is 0.296 e. The van der Waals surface area contributed by atoms with Crippen LogP contribution in [-0.2, 0) is 11.3 Å². The second kappa shape index (κ2) is 6.07. The van der Waals surface area contributed by atoms with Crippen LogP contribution in [0, 0.1) is 0 Å². The lowest BCUT2D eigenvalue weighted by molar-refractivity contribution is -0.120. The first-order chi connectivity index (χ1) is 9.58. The fourth-order valence-electron chi connectivity index (χ4n) is 1.43. The molecule has 1 N–H and O–H groups in total. The molecule has 0 unspecified atom stereocenters. The van der Waals surface area contributed by atoms with Crippen molar-refractivity contribution in [2.45, 2.75) is 6.54 Å². The molecule has 0 aliphatic rings. The molecule has 0 spiro atoms. The van der Waals surface area contributed by atoms with Crippen molar-refractivity contribution >= 4 is 29.7 Å². The van der Waals surface area contributed by atoms with Gasteiger partial charge in [0.05, 0.1) is 6.20 Å². The van der Waals surface area contributed by atoms with E-state index in [-0.39, 0.29) is 12.2 Å². The summed E-state index contributed by atoms with van der Waals surface area (Å²) in [5.41, 5.74) is 0.428. The minimum Gasteiger partial charge on any atom is -0.296 e. The average Bonchev–Trinajstić information content (AvgIpc) is 2.86. The van der Waals surface area contributed by atoms with Crippen LogP contribution in [0.15, 0.2) is 30.5 Å². The Morgan fingerprint density at radius 2 is 2.00 bits per heavy atom. The number of hydrogen-bond acceptors (Lipinski definition) is 5. The first kappa shape index (κ1) is 13.9. The van der Waals surface area contributed by atoms with E-state index in [2.05, 4.69) is 15.6 Å². The quantitative estimate of drug-likeness (QED) is 0.837. The molecule has 0 aliphatic heterocycles. The number of benzene rings is 1. The molecule has 1 aromatic heterocycles. The highest BCUT2D eigenvalue weighted by Crippen LogP contribution is 2.09. The van der Waals surface area contributed by atoms with E-state index in [4.69, 9.17) is 11.6 Å². The van der Waals surface area contributed by atoms with Crippen LogP contribution < -0.4 is 5.32 Å². The van der Waals surface area contributed by atoms with E-state index in [1.165, 1.54) is 18.3 Å². The van der Waals surface area contributed by atoms with Gasteiger partial charge in [-0.3, -0.25) is 19.7 Å². The van der Waals surface area contributed by atoms with Gasteiger partial charge in [-0.15, -0.1) is 5.10 Å². The minimum atomic E-state index is -0.563. The predicted octanol–water partition coefficient (Wildman–Crippen LogP) is 0.701. The summed E-state index contributed by atoms with van der Waals surface area (Å²) in [5.74, 6) is -1.10. The normalized spacial score (nSPS) is 10.1. The fourth-order valence-corrected chi connectivity index (χ4v) is 1.56.